The highest BCUT2D eigenvalue weighted by atomic mass is 19.1. The van der Waals surface area contributed by atoms with Gasteiger partial charge >= 0.3 is 6.01 Å². The van der Waals surface area contributed by atoms with Crippen LogP contribution in [-0.2, 0) is 4.79 Å². The minimum absolute atomic E-state index is 0.00613. The number of piperazine rings is 1. The van der Waals surface area contributed by atoms with Crippen LogP contribution in [0.3, 0.4) is 0 Å². The Labute approximate surface area is 207 Å². The molecule has 0 atom stereocenters. The zero-order valence-corrected chi connectivity index (χ0v) is 20.3. The summed E-state index contributed by atoms with van der Waals surface area (Å²) in [4.78, 5) is 28.2. The Morgan fingerprint density at radius 1 is 1.19 bits per heavy atom. The number of aryl methyl sites for hydroxylation is 1. The molecule has 0 radical (unpaired) electrons. The maximum absolute atomic E-state index is 15.2. The summed E-state index contributed by atoms with van der Waals surface area (Å²) in [6.45, 7) is 7.76. The molecule has 4 heterocycles. The van der Waals surface area contributed by atoms with Gasteiger partial charge < -0.3 is 24.8 Å². The van der Waals surface area contributed by atoms with E-state index in [0.29, 0.717) is 48.0 Å². The summed E-state index contributed by atoms with van der Waals surface area (Å²) in [7, 11) is 0. The quantitative estimate of drug-likeness (QED) is 0.352. The standard InChI is InChI=1S/C25H27FN8O2/c1-4-6-16-12-21(32-31-16)28-20-13-22(34-10-9-33(5-2)23(35)14-34)30-25(29-20)36-19-8-7-18-17(24(19)26)11-15(3)27-18/h4,6-8,11-13,27H,5,9-10,14H2,1-3H3,(H2,28,29,30,31,32)/b6-4+. The molecule has 3 aromatic heterocycles. The molecule has 1 aliphatic rings. The summed E-state index contributed by atoms with van der Waals surface area (Å²) >= 11 is 0. The van der Waals surface area contributed by atoms with E-state index in [1.165, 1.54) is 6.07 Å². The fraction of sp³-hybridized carbons (Fsp3) is 0.280. The number of anilines is 3. The number of aromatic amines is 2. The number of carbonyl (C=O) groups excluding carboxylic acids is 1. The van der Waals surface area contributed by atoms with Gasteiger partial charge in [0.2, 0.25) is 5.91 Å². The van der Waals surface area contributed by atoms with Crippen LogP contribution in [-0.4, -0.2) is 62.1 Å². The second-order valence-electron chi connectivity index (χ2n) is 8.52. The molecule has 4 aromatic rings. The molecule has 1 fully saturated rings. The van der Waals surface area contributed by atoms with E-state index in [4.69, 9.17) is 4.74 Å². The van der Waals surface area contributed by atoms with Gasteiger partial charge in [0.25, 0.3) is 0 Å². The minimum atomic E-state index is -0.504. The van der Waals surface area contributed by atoms with Crippen LogP contribution >= 0.6 is 0 Å². The Bertz CT molecular complexity index is 1440. The lowest BCUT2D eigenvalue weighted by molar-refractivity contribution is -0.130. The number of hydrogen-bond donors (Lipinski definition) is 3. The molecule has 10 nitrogen and oxygen atoms in total. The molecule has 1 aromatic carbocycles. The molecule has 186 valence electrons. The fourth-order valence-corrected chi connectivity index (χ4v) is 4.19. The van der Waals surface area contributed by atoms with Crippen molar-refractivity contribution in [1.82, 2.24) is 30.0 Å². The number of nitrogens with zero attached hydrogens (tertiary/aromatic N) is 5. The second kappa shape index (κ2) is 9.68. The van der Waals surface area contributed by atoms with E-state index >= 15 is 4.39 Å². The molecule has 0 bridgehead atoms. The molecule has 0 spiro atoms. The van der Waals surface area contributed by atoms with Gasteiger partial charge in [-0.25, -0.2) is 4.39 Å². The van der Waals surface area contributed by atoms with Crippen molar-refractivity contribution in [2.45, 2.75) is 20.8 Å². The molecule has 11 heteroatoms. The third kappa shape index (κ3) is 4.72. The first-order valence-corrected chi connectivity index (χ1v) is 11.8. The van der Waals surface area contributed by atoms with Gasteiger partial charge in [-0.2, -0.15) is 15.1 Å². The molecular formula is C25H27FN8O2. The van der Waals surface area contributed by atoms with Crippen LogP contribution in [0, 0.1) is 12.7 Å². The average Bonchev–Trinajstić information content (AvgIpc) is 3.47. The van der Waals surface area contributed by atoms with E-state index in [-0.39, 0.29) is 24.2 Å². The summed E-state index contributed by atoms with van der Waals surface area (Å²) in [5, 5.41) is 10.7. The van der Waals surface area contributed by atoms with Crippen molar-refractivity contribution < 1.29 is 13.9 Å². The molecule has 36 heavy (non-hydrogen) atoms. The maximum Gasteiger partial charge on any atom is 0.326 e. The SMILES string of the molecule is C/C=C/c1cc(Nc2cc(N3CCN(CC)C(=O)C3)nc(Oc3ccc4[nH]c(C)cc4c3F)n2)n[nH]1. The molecule has 0 unspecified atom stereocenters. The number of hydrogen-bond acceptors (Lipinski definition) is 7. The minimum Gasteiger partial charge on any atom is -0.421 e. The van der Waals surface area contributed by atoms with Crippen molar-refractivity contribution in [2.24, 2.45) is 0 Å². The molecular weight excluding hydrogens is 463 g/mol. The summed E-state index contributed by atoms with van der Waals surface area (Å²) in [5.41, 5.74) is 2.35. The van der Waals surface area contributed by atoms with E-state index in [2.05, 4.69) is 30.5 Å². The third-order valence-electron chi connectivity index (χ3n) is 5.95. The van der Waals surface area contributed by atoms with E-state index in [1.54, 1.807) is 23.1 Å². The Hall–Kier alpha value is -4.41. The molecule has 1 amide bonds. The van der Waals surface area contributed by atoms with Crippen LogP contribution in [0.5, 0.6) is 11.8 Å². The van der Waals surface area contributed by atoms with Crippen molar-refractivity contribution in [1.29, 1.82) is 0 Å². The van der Waals surface area contributed by atoms with Gasteiger partial charge in [0.05, 0.1) is 12.2 Å². The Morgan fingerprint density at radius 2 is 2.06 bits per heavy atom. The first kappa shape index (κ1) is 23.3. The smallest absolute Gasteiger partial charge is 0.326 e. The fourth-order valence-electron chi connectivity index (χ4n) is 4.19. The molecule has 1 saturated heterocycles. The van der Waals surface area contributed by atoms with Crippen LogP contribution < -0.4 is 15.0 Å². The summed E-state index contributed by atoms with van der Waals surface area (Å²) in [6, 6.07) is 8.51. The summed E-state index contributed by atoms with van der Waals surface area (Å²) in [6.07, 6.45) is 3.79. The van der Waals surface area contributed by atoms with Gasteiger partial charge in [-0.05, 0) is 45.0 Å². The molecule has 1 aliphatic heterocycles. The molecule has 0 saturated carbocycles. The maximum atomic E-state index is 15.2. The number of amides is 1. The predicted octanol–water partition coefficient (Wildman–Crippen LogP) is 4.37. The van der Waals surface area contributed by atoms with Crippen molar-refractivity contribution in [3.8, 4) is 11.8 Å². The summed E-state index contributed by atoms with van der Waals surface area (Å²) in [5.74, 6) is 0.956. The highest BCUT2D eigenvalue weighted by Gasteiger charge is 2.25. The number of nitrogens with one attached hydrogen (secondary N) is 3. The lowest BCUT2D eigenvalue weighted by atomic mass is 10.2. The number of benzene rings is 1. The van der Waals surface area contributed by atoms with Crippen molar-refractivity contribution in [2.75, 3.05) is 36.4 Å². The molecule has 0 aliphatic carbocycles. The summed E-state index contributed by atoms with van der Waals surface area (Å²) < 4.78 is 21.0. The number of rotatable bonds is 7. The number of fused-ring (bicyclic) bond motifs is 1. The number of allylic oxidation sites excluding steroid dienone is 1. The van der Waals surface area contributed by atoms with E-state index in [0.717, 1.165) is 11.4 Å². The average molecular weight is 491 g/mol. The van der Waals surface area contributed by atoms with Crippen molar-refractivity contribution >= 4 is 40.3 Å². The normalized spacial score (nSPS) is 14.3. The van der Waals surface area contributed by atoms with Gasteiger partial charge in [0.1, 0.15) is 11.6 Å². The zero-order valence-electron chi connectivity index (χ0n) is 20.3. The topological polar surface area (TPSA) is 115 Å². The van der Waals surface area contributed by atoms with Crippen LogP contribution in [0.2, 0.25) is 0 Å². The first-order chi connectivity index (χ1) is 17.4. The first-order valence-electron chi connectivity index (χ1n) is 11.8. The Kier molecular flexibility index (Phi) is 6.28. The largest absolute Gasteiger partial charge is 0.421 e. The predicted molar refractivity (Wildman–Crippen MR) is 136 cm³/mol. The van der Waals surface area contributed by atoms with Gasteiger partial charge in [0.15, 0.2) is 17.4 Å². The second-order valence-corrected chi connectivity index (χ2v) is 8.52. The Balaban J connectivity index is 1.48. The van der Waals surface area contributed by atoms with E-state index in [9.17, 15) is 4.79 Å². The number of likely N-dealkylation sites (N-methyl/N-ethyl adjacent to an activating group) is 1. The third-order valence-corrected chi connectivity index (χ3v) is 5.95. The lowest BCUT2D eigenvalue weighted by Gasteiger charge is -2.34. The Morgan fingerprint density at radius 3 is 2.83 bits per heavy atom. The number of aromatic nitrogens is 5. The van der Waals surface area contributed by atoms with Gasteiger partial charge in [-0.1, -0.05) is 6.08 Å². The van der Waals surface area contributed by atoms with E-state index in [1.807, 2.05) is 43.9 Å². The molecule has 3 N–H and O–H groups in total. The number of halogens is 1. The number of ether oxygens (including phenoxy) is 1. The van der Waals surface area contributed by atoms with E-state index < -0.39 is 5.82 Å². The van der Waals surface area contributed by atoms with Crippen molar-refractivity contribution in [3.63, 3.8) is 0 Å². The molecule has 5 rings (SSSR count). The highest BCUT2D eigenvalue weighted by Crippen LogP contribution is 2.31. The van der Waals surface area contributed by atoms with Gasteiger partial charge in [-0.15, -0.1) is 0 Å². The van der Waals surface area contributed by atoms with Crippen LogP contribution in [0.15, 0.2) is 36.4 Å². The van der Waals surface area contributed by atoms with Crippen LogP contribution in [0.25, 0.3) is 17.0 Å². The lowest BCUT2D eigenvalue weighted by Crippen LogP contribution is -2.50. The van der Waals surface area contributed by atoms with Crippen LogP contribution in [0.1, 0.15) is 25.2 Å². The van der Waals surface area contributed by atoms with Gasteiger partial charge in [-0.3, -0.25) is 9.89 Å². The highest BCUT2D eigenvalue weighted by molar-refractivity contribution is 5.83. The monoisotopic (exact) mass is 490 g/mol. The van der Waals surface area contributed by atoms with Crippen molar-refractivity contribution in [3.05, 3.63) is 53.6 Å². The van der Waals surface area contributed by atoms with Gasteiger partial charge in [0, 0.05) is 48.4 Å². The number of H-pyrrole nitrogens is 2. The van der Waals surface area contributed by atoms with Crippen LogP contribution in [0.4, 0.5) is 21.8 Å². The zero-order chi connectivity index (χ0) is 25.2. The number of carbonyl (C=O) groups is 1.